The second-order valence-corrected chi connectivity index (χ2v) is 7.97. The van der Waals surface area contributed by atoms with Crippen molar-refractivity contribution in [3.8, 4) is 11.5 Å². The van der Waals surface area contributed by atoms with Gasteiger partial charge in [-0.2, -0.15) is 0 Å². The second kappa shape index (κ2) is 7.48. The number of rotatable bonds is 5. The Hall–Kier alpha value is -3.35. The molecule has 2 aromatic carbocycles. The predicted molar refractivity (Wildman–Crippen MR) is 118 cm³/mol. The van der Waals surface area contributed by atoms with Gasteiger partial charge in [-0.1, -0.05) is 13.8 Å². The lowest BCUT2D eigenvalue weighted by atomic mass is 9.94. The number of aryl methyl sites for hydroxylation is 2. The molecule has 2 heterocycles. The van der Waals surface area contributed by atoms with Gasteiger partial charge in [0.1, 0.15) is 11.6 Å². The highest BCUT2D eigenvalue weighted by atomic mass is 16.5. The maximum atomic E-state index is 12.9. The van der Waals surface area contributed by atoms with E-state index >= 15 is 0 Å². The van der Waals surface area contributed by atoms with Crippen molar-refractivity contribution in [2.24, 2.45) is 5.92 Å². The van der Waals surface area contributed by atoms with Gasteiger partial charge in [0.15, 0.2) is 11.5 Å². The van der Waals surface area contributed by atoms with Gasteiger partial charge in [0.2, 0.25) is 0 Å². The van der Waals surface area contributed by atoms with E-state index in [1.807, 2.05) is 0 Å². The number of nitrogens with zero attached hydrogens (tertiary/aromatic N) is 2. The molecule has 1 atom stereocenters. The number of methoxy groups -OCH3 is 2. The van der Waals surface area contributed by atoms with Crippen LogP contribution in [0.2, 0.25) is 0 Å². The second-order valence-electron chi connectivity index (χ2n) is 7.97. The Morgan fingerprint density at radius 3 is 2.10 bits per heavy atom. The fourth-order valence-corrected chi connectivity index (χ4v) is 3.83. The van der Waals surface area contributed by atoms with E-state index in [1.165, 1.54) is 11.1 Å². The van der Waals surface area contributed by atoms with Crippen molar-refractivity contribution < 1.29 is 9.47 Å². The van der Waals surface area contributed by atoms with Crippen molar-refractivity contribution in [1.82, 2.24) is 19.9 Å². The molecule has 0 aliphatic rings. The van der Waals surface area contributed by atoms with Crippen LogP contribution in [0.15, 0.2) is 29.1 Å². The molecule has 0 fully saturated rings. The average Bonchev–Trinajstić information content (AvgIpc) is 3.09. The van der Waals surface area contributed by atoms with Gasteiger partial charge >= 0.3 is 0 Å². The summed E-state index contributed by atoms with van der Waals surface area (Å²) in [6.07, 6.45) is 0. The SMILES string of the molecule is COc1cc2nc(C(c3nc4cc(C)c(C)cc4[nH]3)C(C)C)[nH]c(=O)c2cc1OC. The molecule has 2 N–H and O–H groups in total. The quantitative estimate of drug-likeness (QED) is 0.518. The van der Waals surface area contributed by atoms with Crippen LogP contribution in [0, 0.1) is 19.8 Å². The summed E-state index contributed by atoms with van der Waals surface area (Å²) in [6, 6.07) is 7.57. The van der Waals surface area contributed by atoms with E-state index in [0.29, 0.717) is 28.2 Å². The number of nitrogens with one attached hydrogen (secondary N) is 2. The Morgan fingerprint density at radius 1 is 0.833 bits per heavy atom. The largest absolute Gasteiger partial charge is 0.493 e. The van der Waals surface area contributed by atoms with Crippen LogP contribution in [0.1, 0.15) is 42.5 Å². The van der Waals surface area contributed by atoms with Gasteiger partial charge < -0.3 is 19.4 Å². The fraction of sp³-hybridized carbons (Fsp3) is 0.348. The van der Waals surface area contributed by atoms with E-state index in [1.54, 1.807) is 26.4 Å². The van der Waals surface area contributed by atoms with Gasteiger partial charge in [-0.15, -0.1) is 0 Å². The maximum absolute atomic E-state index is 12.9. The lowest BCUT2D eigenvalue weighted by Gasteiger charge is -2.18. The summed E-state index contributed by atoms with van der Waals surface area (Å²) >= 11 is 0. The summed E-state index contributed by atoms with van der Waals surface area (Å²) in [7, 11) is 3.10. The molecule has 0 spiro atoms. The number of aromatic nitrogens is 4. The molecule has 7 nitrogen and oxygen atoms in total. The molecule has 156 valence electrons. The van der Waals surface area contributed by atoms with Crippen molar-refractivity contribution in [2.45, 2.75) is 33.6 Å². The molecule has 30 heavy (non-hydrogen) atoms. The molecule has 0 saturated heterocycles. The van der Waals surface area contributed by atoms with E-state index in [2.05, 4.69) is 49.8 Å². The van der Waals surface area contributed by atoms with Gasteiger partial charge in [0.25, 0.3) is 5.56 Å². The number of fused-ring (bicyclic) bond motifs is 2. The van der Waals surface area contributed by atoms with E-state index in [4.69, 9.17) is 19.4 Å². The lowest BCUT2D eigenvalue weighted by Crippen LogP contribution is -2.20. The monoisotopic (exact) mass is 406 g/mol. The molecule has 0 saturated carbocycles. The topological polar surface area (TPSA) is 92.9 Å². The molecule has 4 aromatic rings. The zero-order valence-electron chi connectivity index (χ0n) is 18.1. The first kappa shape index (κ1) is 19.9. The van der Waals surface area contributed by atoms with Crippen molar-refractivity contribution in [2.75, 3.05) is 14.2 Å². The van der Waals surface area contributed by atoms with Crippen LogP contribution in [-0.4, -0.2) is 34.2 Å². The summed E-state index contributed by atoms with van der Waals surface area (Å²) in [5.41, 5.74) is 4.63. The van der Waals surface area contributed by atoms with Crippen LogP contribution in [-0.2, 0) is 0 Å². The van der Waals surface area contributed by atoms with Crippen LogP contribution in [0.4, 0.5) is 0 Å². The zero-order valence-corrected chi connectivity index (χ0v) is 18.1. The molecule has 1 unspecified atom stereocenters. The van der Waals surface area contributed by atoms with Gasteiger partial charge in [-0.25, -0.2) is 9.97 Å². The Labute approximate surface area is 174 Å². The van der Waals surface area contributed by atoms with Gasteiger partial charge in [-0.05, 0) is 49.1 Å². The highest BCUT2D eigenvalue weighted by molar-refractivity contribution is 5.82. The summed E-state index contributed by atoms with van der Waals surface area (Å²) in [5, 5.41) is 0.453. The Balaban J connectivity index is 1.90. The van der Waals surface area contributed by atoms with Crippen LogP contribution in [0.5, 0.6) is 11.5 Å². The summed E-state index contributed by atoms with van der Waals surface area (Å²) < 4.78 is 10.7. The molecule has 0 bridgehead atoms. The first-order valence-electron chi connectivity index (χ1n) is 9.95. The molecule has 0 aliphatic carbocycles. The summed E-state index contributed by atoms with van der Waals surface area (Å²) in [5.74, 6) is 2.35. The lowest BCUT2D eigenvalue weighted by molar-refractivity contribution is 0.355. The van der Waals surface area contributed by atoms with E-state index in [0.717, 1.165) is 16.9 Å². The van der Waals surface area contributed by atoms with Gasteiger partial charge in [0.05, 0.1) is 42.1 Å². The molecule has 0 amide bonds. The molecule has 4 rings (SSSR count). The van der Waals surface area contributed by atoms with Crippen molar-refractivity contribution in [3.05, 3.63) is 57.4 Å². The minimum Gasteiger partial charge on any atom is -0.493 e. The maximum Gasteiger partial charge on any atom is 0.258 e. The third kappa shape index (κ3) is 3.30. The van der Waals surface area contributed by atoms with E-state index < -0.39 is 0 Å². The summed E-state index contributed by atoms with van der Waals surface area (Å²) in [4.78, 5) is 28.9. The number of aromatic amines is 2. The number of imidazole rings is 1. The highest BCUT2D eigenvalue weighted by Crippen LogP contribution is 2.33. The molecule has 0 radical (unpaired) electrons. The molecule has 0 aliphatic heterocycles. The third-order valence-electron chi connectivity index (χ3n) is 5.60. The minimum atomic E-state index is -0.218. The third-order valence-corrected chi connectivity index (χ3v) is 5.60. The zero-order chi connectivity index (χ0) is 21.6. The normalized spacial score (nSPS) is 12.6. The molecular weight excluding hydrogens is 380 g/mol. The van der Waals surface area contributed by atoms with Gasteiger partial charge in [-0.3, -0.25) is 4.79 Å². The molecule has 7 heteroatoms. The number of hydrogen-bond acceptors (Lipinski definition) is 5. The predicted octanol–water partition coefficient (Wildman–Crippen LogP) is 4.22. The van der Waals surface area contributed by atoms with Crippen LogP contribution in [0.3, 0.4) is 0 Å². The average molecular weight is 406 g/mol. The van der Waals surface area contributed by atoms with Crippen LogP contribution in [0.25, 0.3) is 21.9 Å². The van der Waals surface area contributed by atoms with Crippen molar-refractivity contribution in [1.29, 1.82) is 0 Å². The molecule has 2 aromatic heterocycles. The number of hydrogen-bond donors (Lipinski definition) is 2. The molecular formula is C23H26N4O3. The summed E-state index contributed by atoms with van der Waals surface area (Å²) in [6.45, 7) is 8.34. The Bertz CT molecular complexity index is 1260. The van der Waals surface area contributed by atoms with Crippen molar-refractivity contribution in [3.63, 3.8) is 0 Å². The Kier molecular flexibility index (Phi) is 4.97. The van der Waals surface area contributed by atoms with Crippen molar-refractivity contribution >= 4 is 21.9 Å². The van der Waals surface area contributed by atoms with Crippen LogP contribution < -0.4 is 15.0 Å². The standard InChI is InChI=1S/C23H26N4O3/c1-11(2)20(21-25-16-7-12(3)13(4)8-17(16)26-21)22-24-15-10-19(30-6)18(29-5)9-14(15)23(28)27-22/h7-11,20H,1-6H3,(H,25,26)(H,24,27,28). The first-order chi connectivity index (χ1) is 14.3. The Morgan fingerprint density at radius 2 is 1.43 bits per heavy atom. The number of ether oxygens (including phenoxy) is 2. The van der Waals surface area contributed by atoms with E-state index in [9.17, 15) is 4.79 Å². The van der Waals surface area contributed by atoms with E-state index in [-0.39, 0.29) is 17.4 Å². The van der Waals surface area contributed by atoms with Crippen LogP contribution >= 0.6 is 0 Å². The highest BCUT2D eigenvalue weighted by Gasteiger charge is 2.25. The smallest absolute Gasteiger partial charge is 0.258 e. The van der Waals surface area contributed by atoms with Gasteiger partial charge in [0, 0.05) is 6.07 Å². The minimum absolute atomic E-state index is 0.161. The number of benzene rings is 2. The first-order valence-corrected chi connectivity index (χ1v) is 9.95. The number of H-pyrrole nitrogens is 2. The fourth-order valence-electron chi connectivity index (χ4n) is 3.83.